The third-order valence-electron chi connectivity index (χ3n) is 3.22. The SMILES string of the molecule is CCNCc1ccnc(N(CC)Cc2ccncc2)c1. The van der Waals surface area contributed by atoms with Gasteiger partial charge in [-0.2, -0.15) is 0 Å². The molecule has 4 nitrogen and oxygen atoms in total. The van der Waals surface area contributed by atoms with Gasteiger partial charge in [-0.05, 0) is 48.9 Å². The molecule has 0 bridgehead atoms. The van der Waals surface area contributed by atoms with Crippen molar-refractivity contribution >= 4 is 5.82 Å². The van der Waals surface area contributed by atoms with Crippen molar-refractivity contribution in [3.8, 4) is 0 Å². The second kappa shape index (κ2) is 7.60. The van der Waals surface area contributed by atoms with Crippen LogP contribution in [0.1, 0.15) is 25.0 Å². The molecule has 20 heavy (non-hydrogen) atoms. The summed E-state index contributed by atoms with van der Waals surface area (Å²) >= 11 is 0. The van der Waals surface area contributed by atoms with E-state index in [1.54, 1.807) is 0 Å². The first-order chi connectivity index (χ1) is 9.83. The third kappa shape index (κ3) is 4.03. The Balaban J connectivity index is 2.10. The van der Waals surface area contributed by atoms with E-state index in [1.165, 1.54) is 11.1 Å². The molecule has 0 aromatic carbocycles. The summed E-state index contributed by atoms with van der Waals surface area (Å²) in [5.74, 6) is 1.03. The molecule has 0 radical (unpaired) electrons. The van der Waals surface area contributed by atoms with E-state index in [4.69, 9.17) is 0 Å². The monoisotopic (exact) mass is 270 g/mol. The van der Waals surface area contributed by atoms with Crippen LogP contribution in [0.3, 0.4) is 0 Å². The summed E-state index contributed by atoms with van der Waals surface area (Å²) in [6.45, 7) is 7.92. The van der Waals surface area contributed by atoms with Crippen LogP contribution < -0.4 is 10.2 Å². The Morgan fingerprint density at radius 3 is 2.50 bits per heavy atom. The summed E-state index contributed by atoms with van der Waals surface area (Å²) < 4.78 is 0. The highest BCUT2D eigenvalue weighted by molar-refractivity contribution is 5.41. The minimum Gasteiger partial charge on any atom is -0.353 e. The van der Waals surface area contributed by atoms with Crippen LogP contribution in [0, 0.1) is 0 Å². The van der Waals surface area contributed by atoms with Crippen LogP contribution in [0.2, 0.25) is 0 Å². The Bertz CT molecular complexity index is 513. The summed E-state index contributed by atoms with van der Waals surface area (Å²) in [5, 5.41) is 3.34. The van der Waals surface area contributed by atoms with E-state index in [-0.39, 0.29) is 0 Å². The lowest BCUT2D eigenvalue weighted by Gasteiger charge is -2.22. The molecular formula is C16H22N4. The third-order valence-corrected chi connectivity index (χ3v) is 3.22. The highest BCUT2D eigenvalue weighted by atomic mass is 15.2. The van der Waals surface area contributed by atoms with Gasteiger partial charge in [-0.15, -0.1) is 0 Å². The second-order valence-corrected chi connectivity index (χ2v) is 4.67. The van der Waals surface area contributed by atoms with E-state index < -0.39 is 0 Å². The molecule has 0 unspecified atom stereocenters. The molecule has 0 atom stereocenters. The van der Waals surface area contributed by atoms with Crippen molar-refractivity contribution in [1.29, 1.82) is 0 Å². The molecule has 2 rings (SSSR count). The zero-order valence-corrected chi connectivity index (χ0v) is 12.2. The highest BCUT2D eigenvalue weighted by Gasteiger charge is 2.07. The van der Waals surface area contributed by atoms with E-state index in [0.29, 0.717) is 0 Å². The van der Waals surface area contributed by atoms with Crippen LogP contribution in [0.15, 0.2) is 42.9 Å². The van der Waals surface area contributed by atoms with Crippen molar-refractivity contribution in [2.24, 2.45) is 0 Å². The molecule has 0 fully saturated rings. The first-order valence-electron chi connectivity index (χ1n) is 7.13. The lowest BCUT2D eigenvalue weighted by molar-refractivity contribution is 0.723. The Labute approximate surface area is 120 Å². The van der Waals surface area contributed by atoms with Crippen molar-refractivity contribution in [2.45, 2.75) is 26.9 Å². The molecule has 2 aromatic heterocycles. The standard InChI is InChI=1S/C16H22N4/c1-3-17-12-15-7-10-19-16(11-15)20(4-2)13-14-5-8-18-9-6-14/h5-11,17H,3-4,12-13H2,1-2H3. The number of anilines is 1. The van der Waals surface area contributed by atoms with Gasteiger partial charge in [-0.25, -0.2) is 4.98 Å². The number of nitrogens with zero attached hydrogens (tertiary/aromatic N) is 3. The van der Waals surface area contributed by atoms with Gasteiger partial charge in [0, 0.05) is 38.2 Å². The average Bonchev–Trinajstić information content (AvgIpc) is 2.52. The zero-order chi connectivity index (χ0) is 14.2. The van der Waals surface area contributed by atoms with Crippen LogP contribution in [0.5, 0.6) is 0 Å². The minimum absolute atomic E-state index is 0.858. The molecule has 1 N–H and O–H groups in total. The summed E-state index contributed by atoms with van der Waals surface area (Å²) in [4.78, 5) is 10.8. The highest BCUT2D eigenvalue weighted by Crippen LogP contribution is 2.15. The molecular weight excluding hydrogens is 248 g/mol. The maximum absolute atomic E-state index is 4.50. The molecule has 0 amide bonds. The smallest absolute Gasteiger partial charge is 0.129 e. The Kier molecular flexibility index (Phi) is 5.50. The minimum atomic E-state index is 0.858. The molecule has 2 heterocycles. The van der Waals surface area contributed by atoms with Crippen LogP contribution in [-0.4, -0.2) is 23.1 Å². The number of rotatable bonds is 7. The van der Waals surface area contributed by atoms with E-state index >= 15 is 0 Å². The van der Waals surface area contributed by atoms with Gasteiger partial charge in [0.25, 0.3) is 0 Å². The second-order valence-electron chi connectivity index (χ2n) is 4.67. The van der Waals surface area contributed by atoms with Gasteiger partial charge in [0.1, 0.15) is 5.82 Å². The van der Waals surface area contributed by atoms with Gasteiger partial charge in [0.15, 0.2) is 0 Å². The number of nitrogens with one attached hydrogen (secondary N) is 1. The lowest BCUT2D eigenvalue weighted by Crippen LogP contribution is -2.23. The van der Waals surface area contributed by atoms with Crippen LogP contribution in [0.4, 0.5) is 5.82 Å². The van der Waals surface area contributed by atoms with Gasteiger partial charge < -0.3 is 10.2 Å². The number of pyridine rings is 2. The van der Waals surface area contributed by atoms with Crippen molar-refractivity contribution < 1.29 is 0 Å². The maximum Gasteiger partial charge on any atom is 0.129 e. The number of hydrogen-bond donors (Lipinski definition) is 1. The maximum atomic E-state index is 4.50. The molecule has 0 aliphatic rings. The zero-order valence-electron chi connectivity index (χ0n) is 12.2. The molecule has 0 spiro atoms. The first-order valence-corrected chi connectivity index (χ1v) is 7.13. The van der Waals surface area contributed by atoms with Crippen LogP contribution >= 0.6 is 0 Å². The number of hydrogen-bond acceptors (Lipinski definition) is 4. The molecule has 0 aliphatic heterocycles. The Morgan fingerprint density at radius 1 is 1.05 bits per heavy atom. The fourth-order valence-electron chi connectivity index (χ4n) is 2.08. The van der Waals surface area contributed by atoms with Gasteiger partial charge in [-0.1, -0.05) is 6.92 Å². The fourth-order valence-corrected chi connectivity index (χ4v) is 2.08. The van der Waals surface area contributed by atoms with Gasteiger partial charge >= 0.3 is 0 Å². The summed E-state index contributed by atoms with van der Waals surface area (Å²) in [7, 11) is 0. The van der Waals surface area contributed by atoms with Gasteiger partial charge in [0.05, 0.1) is 0 Å². The summed E-state index contributed by atoms with van der Waals surface area (Å²) in [6, 6.07) is 8.32. The Morgan fingerprint density at radius 2 is 1.80 bits per heavy atom. The fraction of sp³-hybridized carbons (Fsp3) is 0.375. The van der Waals surface area contributed by atoms with Gasteiger partial charge in [-0.3, -0.25) is 4.98 Å². The number of aromatic nitrogens is 2. The van der Waals surface area contributed by atoms with Crippen molar-refractivity contribution in [2.75, 3.05) is 18.0 Å². The van der Waals surface area contributed by atoms with E-state index in [0.717, 1.165) is 32.0 Å². The Hall–Kier alpha value is -1.94. The summed E-state index contributed by atoms with van der Waals surface area (Å²) in [6.07, 6.45) is 5.55. The molecule has 0 aliphatic carbocycles. The largest absolute Gasteiger partial charge is 0.353 e. The van der Waals surface area contributed by atoms with Crippen LogP contribution in [-0.2, 0) is 13.1 Å². The predicted molar refractivity (Wildman–Crippen MR) is 82.6 cm³/mol. The molecule has 0 saturated heterocycles. The molecule has 4 heteroatoms. The predicted octanol–water partition coefficient (Wildman–Crippen LogP) is 2.61. The van der Waals surface area contributed by atoms with Crippen LogP contribution in [0.25, 0.3) is 0 Å². The average molecular weight is 270 g/mol. The quantitative estimate of drug-likeness (QED) is 0.839. The lowest BCUT2D eigenvalue weighted by atomic mass is 10.2. The van der Waals surface area contributed by atoms with E-state index in [1.807, 2.05) is 30.7 Å². The van der Waals surface area contributed by atoms with E-state index in [9.17, 15) is 0 Å². The molecule has 2 aromatic rings. The van der Waals surface area contributed by atoms with Crippen molar-refractivity contribution in [1.82, 2.24) is 15.3 Å². The summed E-state index contributed by atoms with van der Waals surface area (Å²) in [5.41, 5.74) is 2.52. The van der Waals surface area contributed by atoms with E-state index in [2.05, 4.69) is 46.2 Å². The topological polar surface area (TPSA) is 41.1 Å². The normalized spacial score (nSPS) is 10.5. The molecule has 106 valence electrons. The van der Waals surface area contributed by atoms with Crippen molar-refractivity contribution in [3.63, 3.8) is 0 Å². The molecule has 0 saturated carbocycles. The first kappa shape index (κ1) is 14.5. The van der Waals surface area contributed by atoms with Gasteiger partial charge in [0.2, 0.25) is 0 Å². The van der Waals surface area contributed by atoms with Crippen molar-refractivity contribution in [3.05, 3.63) is 54.0 Å².